The van der Waals surface area contributed by atoms with Crippen molar-refractivity contribution in [2.24, 2.45) is 0 Å². The van der Waals surface area contributed by atoms with E-state index in [2.05, 4.69) is 27.0 Å². The van der Waals surface area contributed by atoms with Gasteiger partial charge in [-0.25, -0.2) is 0 Å². The quantitative estimate of drug-likeness (QED) is 0.633. The van der Waals surface area contributed by atoms with Crippen LogP contribution in [0.25, 0.3) is 0 Å². The second kappa shape index (κ2) is 5.01. The summed E-state index contributed by atoms with van der Waals surface area (Å²) in [4.78, 5) is 18.5. The molecule has 1 rings (SSSR count). The number of hydrogen-bond donors (Lipinski definition) is 0. The zero-order chi connectivity index (χ0) is 11.5. The molecule has 82 valence electrons. The Morgan fingerprint density at radius 2 is 1.73 bits per heavy atom. The van der Waals surface area contributed by atoms with Crippen molar-refractivity contribution in [2.45, 2.75) is 21.7 Å². The van der Waals surface area contributed by atoms with Crippen LogP contribution in [0.1, 0.15) is 17.3 Å². The van der Waals surface area contributed by atoms with Crippen LogP contribution in [0, 0.1) is 0 Å². The Bertz CT molecular complexity index is 336. The molecule has 0 saturated carbocycles. The van der Waals surface area contributed by atoms with Gasteiger partial charge in [-0.1, -0.05) is 0 Å². The monoisotopic (exact) mass is 314 g/mol. The third-order valence-corrected chi connectivity index (χ3v) is 8.16. The molecule has 0 aromatic heterocycles. The van der Waals surface area contributed by atoms with Crippen LogP contribution < -0.4 is 3.58 Å². The summed E-state index contributed by atoms with van der Waals surface area (Å²) in [5, 5.41) is 0. The van der Waals surface area contributed by atoms with Crippen LogP contribution in [0.4, 0.5) is 0 Å². The Kier molecular flexibility index (Phi) is 4.20. The number of rotatable bonds is 3. The maximum atomic E-state index is 11.4. The van der Waals surface area contributed by atoms with E-state index < -0.39 is 18.4 Å². The van der Waals surface area contributed by atoms with Gasteiger partial charge in [-0.3, -0.25) is 0 Å². The summed E-state index contributed by atoms with van der Waals surface area (Å²) in [7, 11) is 0. The van der Waals surface area contributed by atoms with Crippen molar-refractivity contribution in [2.75, 3.05) is 6.61 Å². The van der Waals surface area contributed by atoms with Gasteiger partial charge in [0.1, 0.15) is 0 Å². The van der Waals surface area contributed by atoms with Gasteiger partial charge in [-0.05, 0) is 0 Å². The average molecular weight is 313 g/mol. The molecule has 0 atom stereocenters. The van der Waals surface area contributed by atoms with Crippen molar-refractivity contribution in [1.82, 2.24) is 0 Å². The van der Waals surface area contributed by atoms with Crippen LogP contribution in [0.5, 0.6) is 0 Å². The van der Waals surface area contributed by atoms with Gasteiger partial charge in [-0.2, -0.15) is 0 Å². The molecule has 0 aliphatic rings. The van der Waals surface area contributed by atoms with Crippen molar-refractivity contribution in [3.63, 3.8) is 0 Å². The van der Waals surface area contributed by atoms with Gasteiger partial charge in [-0.15, -0.1) is 0 Å². The molecule has 0 aliphatic carbocycles. The van der Waals surface area contributed by atoms with E-state index in [1.54, 1.807) is 0 Å². The molecule has 0 bridgehead atoms. The summed E-state index contributed by atoms with van der Waals surface area (Å²) in [6.45, 7) is 2.25. The Hall–Kier alpha value is -0.511. The average Bonchev–Trinajstić information content (AvgIpc) is 2.17. The molecule has 15 heavy (non-hydrogen) atoms. The van der Waals surface area contributed by atoms with Gasteiger partial charge < -0.3 is 0 Å². The van der Waals surface area contributed by atoms with Crippen LogP contribution in [0.3, 0.4) is 0 Å². The summed E-state index contributed by atoms with van der Waals surface area (Å²) in [6.07, 6.45) is 0. The topological polar surface area (TPSA) is 26.3 Å². The minimum atomic E-state index is -1.97. The number of carbonyl (C=O) groups is 1. The molecule has 2 nitrogen and oxygen atoms in total. The Morgan fingerprint density at radius 3 is 2.13 bits per heavy atom. The summed E-state index contributed by atoms with van der Waals surface area (Å²) in [5.41, 5.74) is 0.649. The molecule has 0 N–H and O–H groups in total. The fraction of sp³-hybridized carbons (Fsp3) is 0.417. The van der Waals surface area contributed by atoms with Crippen LogP contribution >= 0.6 is 0 Å². The van der Waals surface area contributed by atoms with Crippen LogP contribution in [-0.2, 0) is 4.74 Å². The van der Waals surface area contributed by atoms with E-state index in [9.17, 15) is 4.79 Å². The molecule has 0 radical (unpaired) electrons. The normalized spacial score (nSPS) is 11.2. The first-order valence-electron chi connectivity index (χ1n) is 5.23. The third-order valence-electron chi connectivity index (χ3n) is 2.26. The van der Waals surface area contributed by atoms with E-state index >= 15 is 0 Å². The first kappa shape index (κ1) is 12.6. The zero-order valence-electron chi connectivity index (χ0n) is 9.83. The summed E-state index contributed by atoms with van der Waals surface area (Å²) >= 11 is -1.97. The van der Waals surface area contributed by atoms with Crippen LogP contribution in [0.15, 0.2) is 24.3 Å². The van der Waals surface area contributed by atoms with E-state index in [-0.39, 0.29) is 5.97 Å². The standard InChI is InChI=1S/C9H9O2.3CH3.Sn/c1-2-11-9(10)8-6-4-3-5-7-8;;;;/h4-7H,2H2,1H3;3*1H3;. The van der Waals surface area contributed by atoms with Gasteiger partial charge >= 0.3 is 95.6 Å². The Balaban J connectivity index is 2.86. The van der Waals surface area contributed by atoms with Gasteiger partial charge in [0.15, 0.2) is 0 Å². The fourth-order valence-electron chi connectivity index (χ4n) is 1.32. The van der Waals surface area contributed by atoms with Crippen molar-refractivity contribution < 1.29 is 9.53 Å². The van der Waals surface area contributed by atoms with E-state index in [1.165, 1.54) is 3.58 Å². The minimum absolute atomic E-state index is 0.229. The van der Waals surface area contributed by atoms with Crippen molar-refractivity contribution in [3.05, 3.63) is 29.8 Å². The molecule has 0 saturated heterocycles. The van der Waals surface area contributed by atoms with Crippen molar-refractivity contribution in [1.29, 1.82) is 0 Å². The molecule has 0 heterocycles. The number of hydrogen-bond acceptors (Lipinski definition) is 2. The van der Waals surface area contributed by atoms with Crippen LogP contribution in [0.2, 0.25) is 14.8 Å². The molecular formula is C12H18O2Sn. The van der Waals surface area contributed by atoms with Gasteiger partial charge in [0, 0.05) is 0 Å². The molecule has 0 spiro atoms. The van der Waals surface area contributed by atoms with E-state index in [0.717, 1.165) is 0 Å². The number of ether oxygens (including phenoxy) is 1. The van der Waals surface area contributed by atoms with Crippen molar-refractivity contribution in [3.8, 4) is 0 Å². The van der Waals surface area contributed by atoms with Gasteiger partial charge in [0.2, 0.25) is 0 Å². The molecule has 0 unspecified atom stereocenters. The molecular weight excluding hydrogens is 295 g/mol. The first-order valence-corrected chi connectivity index (χ1v) is 15.2. The summed E-state index contributed by atoms with van der Waals surface area (Å²) in [6, 6.07) is 7.88. The SMILES string of the molecule is CCOC(=O)c1cc[c]([Sn]([CH3])([CH3])[CH3])cc1. The molecule has 0 fully saturated rings. The molecule has 0 amide bonds. The first-order chi connectivity index (χ1) is 6.95. The molecule has 0 aliphatic heterocycles. The number of esters is 1. The van der Waals surface area contributed by atoms with E-state index in [1.807, 2.05) is 19.1 Å². The molecule has 1 aromatic carbocycles. The molecule has 1 aromatic rings. The predicted octanol–water partition coefficient (Wildman–Crippen LogP) is 2.41. The second-order valence-electron chi connectivity index (χ2n) is 4.55. The zero-order valence-corrected chi connectivity index (χ0v) is 12.7. The second-order valence-corrected chi connectivity index (χ2v) is 19.0. The fourth-order valence-corrected chi connectivity index (χ4v) is 4.65. The Morgan fingerprint density at radius 1 is 1.20 bits per heavy atom. The van der Waals surface area contributed by atoms with E-state index in [4.69, 9.17) is 4.74 Å². The predicted molar refractivity (Wildman–Crippen MR) is 65.4 cm³/mol. The summed E-state index contributed by atoms with van der Waals surface area (Å²) in [5.74, 6) is -0.229. The van der Waals surface area contributed by atoms with Gasteiger partial charge in [0.05, 0.1) is 0 Å². The number of benzene rings is 1. The maximum absolute atomic E-state index is 11.4. The van der Waals surface area contributed by atoms with Crippen molar-refractivity contribution >= 4 is 27.9 Å². The molecule has 3 heteroatoms. The van der Waals surface area contributed by atoms with Gasteiger partial charge in [0.25, 0.3) is 0 Å². The Labute approximate surface area is 95.5 Å². The summed E-state index contributed by atoms with van der Waals surface area (Å²) < 4.78 is 6.36. The number of carbonyl (C=O) groups excluding carboxylic acids is 1. The third kappa shape index (κ3) is 3.52. The van der Waals surface area contributed by atoms with Crippen LogP contribution in [-0.4, -0.2) is 31.0 Å². The van der Waals surface area contributed by atoms with E-state index in [0.29, 0.717) is 12.2 Å².